The Morgan fingerprint density at radius 1 is 1.31 bits per heavy atom. The zero-order valence-electron chi connectivity index (χ0n) is 14.7. The zero-order chi connectivity index (χ0) is 18.5. The first-order valence-electron chi connectivity index (χ1n) is 8.83. The van der Waals surface area contributed by atoms with Crippen LogP contribution in [-0.2, 0) is 4.79 Å². The Morgan fingerprint density at radius 2 is 2.00 bits per heavy atom. The number of amides is 1. The molecule has 1 fully saturated rings. The molecule has 0 aliphatic heterocycles. The largest absolute Gasteiger partial charge is 0.349 e. The van der Waals surface area contributed by atoms with Gasteiger partial charge in [-0.05, 0) is 38.0 Å². The van der Waals surface area contributed by atoms with Crippen molar-refractivity contribution in [1.29, 1.82) is 5.26 Å². The van der Waals surface area contributed by atoms with E-state index in [2.05, 4.69) is 10.4 Å². The van der Waals surface area contributed by atoms with Crippen molar-refractivity contribution in [3.8, 4) is 11.8 Å². The highest BCUT2D eigenvalue weighted by molar-refractivity contribution is 6.31. The van der Waals surface area contributed by atoms with Gasteiger partial charge >= 0.3 is 0 Å². The minimum atomic E-state index is -0.345. The summed E-state index contributed by atoms with van der Waals surface area (Å²) in [5.41, 5.74) is 2.13. The van der Waals surface area contributed by atoms with Crippen LogP contribution in [0.4, 0.5) is 0 Å². The molecule has 0 unspecified atom stereocenters. The standard InChI is InChI=1S/C20H21ClN4O/c1-14-18(19(21)25(24-14)17-10-6-3-7-11-17)12-15(13-22)20(26)23-16-8-4-2-5-9-16/h3,6-7,10-12,16H,2,4-5,8-9H2,1H3,(H,23,26)/b15-12+. The van der Waals surface area contributed by atoms with Crippen LogP contribution >= 0.6 is 11.6 Å². The molecule has 1 aromatic heterocycles. The number of benzene rings is 1. The first-order chi connectivity index (χ1) is 12.6. The highest BCUT2D eigenvalue weighted by Crippen LogP contribution is 2.26. The molecule has 0 saturated heterocycles. The summed E-state index contributed by atoms with van der Waals surface area (Å²) in [6, 6.07) is 11.7. The fourth-order valence-corrected chi connectivity index (χ4v) is 3.55. The second kappa shape index (κ2) is 8.20. The van der Waals surface area contributed by atoms with Crippen LogP contribution in [0, 0.1) is 18.3 Å². The normalized spacial score (nSPS) is 15.5. The third-order valence-electron chi connectivity index (χ3n) is 4.64. The minimum absolute atomic E-state index is 0.0492. The molecule has 26 heavy (non-hydrogen) atoms. The van der Waals surface area contributed by atoms with Crippen LogP contribution in [0.25, 0.3) is 11.8 Å². The van der Waals surface area contributed by atoms with E-state index >= 15 is 0 Å². The molecule has 1 aromatic carbocycles. The first kappa shape index (κ1) is 18.2. The molecule has 0 radical (unpaired) electrons. The molecular weight excluding hydrogens is 348 g/mol. The predicted molar refractivity (Wildman–Crippen MR) is 102 cm³/mol. The number of aromatic nitrogens is 2. The summed E-state index contributed by atoms with van der Waals surface area (Å²) in [6.07, 6.45) is 6.91. The zero-order valence-corrected chi connectivity index (χ0v) is 15.5. The highest BCUT2D eigenvalue weighted by Gasteiger charge is 2.20. The van der Waals surface area contributed by atoms with Gasteiger partial charge < -0.3 is 5.32 Å². The average molecular weight is 369 g/mol. The van der Waals surface area contributed by atoms with E-state index in [1.54, 1.807) is 4.68 Å². The van der Waals surface area contributed by atoms with E-state index < -0.39 is 0 Å². The molecular formula is C20H21ClN4O. The molecule has 0 bridgehead atoms. The van der Waals surface area contributed by atoms with Gasteiger partial charge in [-0.2, -0.15) is 10.4 Å². The number of para-hydroxylation sites is 1. The maximum Gasteiger partial charge on any atom is 0.262 e. The molecule has 2 aromatic rings. The molecule has 1 aliphatic carbocycles. The number of rotatable bonds is 4. The van der Waals surface area contributed by atoms with Gasteiger partial charge in [0.2, 0.25) is 0 Å². The van der Waals surface area contributed by atoms with Crippen molar-refractivity contribution in [3.05, 3.63) is 52.3 Å². The smallest absolute Gasteiger partial charge is 0.262 e. The Balaban J connectivity index is 1.86. The van der Waals surface area contributed by atoms with Gasteiger partial charge in [0.25, 0.3) is 5.91 Å². The lowest BCUT2D eigenvalue weighted by atomic mass is 9.95. The number of nitriles is 1. The second-order valence-corrected chi connectivity index (χ2v) is 6.87. The number of carbonyl (C=O) groups is 1. The van der Waals surface area contributed by atoms with E-state index in [9.17, 15) is 10.1 Å². The summed E-state index contributed by atoms with van der Waals surface area (Å²) in [6.45, 7) is 1.81. The first-order valence-corrected chi connectivity index (χ1v) is 9.21. The minimum Gasteiger partial charge on any atom is -0.349 e. The third-order valence-corrected chi connectivity index (χ3v) is 5.01. The van der Waals surface area contributed by atoms with Crippen LogP contribution in [0.2, 0.25) is 5.15 Å². The van der Waals surface area contributed by atoms with Gasteiger partial charge in [0.05, 0.1) is 11.4 Å². The summed E-state index contributed by atoms with van der Waals surface area (Å²) in [7, 11) is 0. The lowest BCUT2D eigenvalue weighted by molar-refractivity contribution is -0.117. The Hall–Kier alpha value is -2.58. The highest BCUT2D eigenvalue weighted by atomic mass is 35.5. The lowest BCUT2D eigenvalue weighted by Crippen LogP contribution is -2.36. The monoisotopic (exact) mass is 368 g/mol. The molecule has 5 nitrogen and oxygen atoms in total. The maximum atomic E-state index is 12.5. The van der Waals surface area contributed by atoms with Crippen LogP contribution < -0.4 is 5.32 Å². The fraction of sp³-hybridized carbons (Fsp3) is 0.350. The van der Waals surface area contributed by atoms with Crippen molar-refractivity contribution in [3.63, 3.8) is 0 Å². The summed E-state index contributed by atoms with van der Waals surface area (Å²) < 4.78 is 1.61. The predicted octanol–water partition coefficient (Wildman–Crippen LogP) is 4.19. The SMILES string of the molecule is Cc1nn(-c2ccccc2)c(Cl)c1/C=C(\C#N)C(=O)NC1CCCCC1. The van der Waals surface area contributed by atoms with Crippen LogP contribution in [0.5, 0.6) is 0 Å². The van der Waals surface area contributed by atoms with Crippen LogP contribution in [-0.4, -0.2) is 21.7 Å². The maximum absolute atomic E-state index is 12.5. The van der Waals surface area contributed by atoms with E-state index in [4.69, 9.17) is 11.6 Å². The molecule has 1 heterocycles. The van der Waals surface area contributed by atoms with E-state index in [0.717, 1.165) is 31.4 Å². The van der Waals surface area contributed by atoms with E-state index in [0.29, 0.717) is 16.4 Å². The third kappa shape index (κ3) is 3.97. The molecule has 0 atom stereocenters. The number of halogens is 1. The molecule has 1 N–H and O–H groups in total. The van der Waals surface area contributed by atoms with Crippen molar-refractivity contribution >= 4 is 23.6 Å². The van der Waals surface area contributed by atoms with Crippen molar-refractivity contribution in [1.82, 2.24) is 15.1 Å². The van der Waals surface area contributed by atoms with Gasteiger partial charge in [0.1, 0.15) is 16.8 Å². The molecule has 0 spiro atoms. The van der Waals surface area contributed by atoms with Gasteiger partial charge in [-0.1, -0.05) is 49.1 Å². The Morgan fingerprint density at radius 3 is 2.65 bits per heavy atom. The number of carbonyl (C=O) groups excluding carboxylic acids is 1. The van der Waals surface area contributed by atoms with E-state index in [1.807, 2.05) is 43.3 Å². The quantitative estimate of drug-likeness (QED) is 0.649. The summed E-state index contributed by atoms with van der Waals surface area (Å²) >= 11 is 6.48. The number of hydrogen-bond donors (Lipinski definition) is 1. The van der Waals surface area contributed by atoms with Crippen molar-refractivity contribution in [2.45, 2.75) is 45.1 Å². The second-order valence-electron chi connectivity index (χ2n) is 6.52. The Kier molecular flexibility index (Phi) is 5.75. The van der Waals surface area contributed by atoms with Crippen LogP contribution in [0.15, 0.2) is 35.9 Å². The Bertz CT molecular complexity index is 858. The van der Waals surface area contributed by atoms with Crippen molar-refractivity contribution < 1.29 is 4.79 Å². The van der Waals surface area contributed by atoms with Gasteiger partial charge in [-0.15, -0.1) is 0 Å². The molecule has 1 aliphatic rings. The number of nitrogens with one attached hydrogen (secondary N) is 1. The fourth-order valence-electron chi connectivity index (χ4n) is 3.22. The molecule has 1 saturated carbocycles. The van der Waals surface area contributed by atoms with Crippen LogP contribution in [0.3, 0.4) is 0 Å². The van der Waals surface area contributed by atoms with Gasteiger partial charge in [0.15, 0.2) is 0 Å². The van der Waals surface area contributed by atoms with Crippen molar-refractivity contribution in [2.24, 2.45) is 0 Å². The lowest BCUT2D eigenvalue weighted by Gasteiger charge is -2.22. The van der Waals surface area contributed by atoms with E-state index in [1.165, 1.54) is 12.5 Å². The van der Waals surface area contributed by atoms with Crippen LogP contribution in [0.1, 0.15) is 43.4 Å². The molecule has 134 valence electrons. The number of aryl methyl sites for hydroxylation is 1. The number of nitrogens with zero attached hydrogens (tertiary/aromatic N) is 3. The summed E-state index contributed by atoms with van der Waals surface area (Å²) in [5.74, 6) is -0.345. The summed E-state index contributed by atoms with van der Waals surface area (Å²) in [4.78, 5) is 12.5. The molecule has 1 amide bonds. The average Bonchev–Trinajstić information content (AvgIpc) is 2.95. The Labute approximate surface area is 158 Å². The molecule has 3 rings (SSSR count). The topological polar surface area (TPSA) is 70.7 Å². The van der Waals surface area contributed by atoms with Gasteiger partial charge in [0, 0.05) is 11.6 Å². The van der Waals surface area contributed by atoms with Crippen molar-refractivity contribution in [2.75, 3.05) is 0 Å². The number of hydrogen-bond acceptors (Lipinski definition) is 3. The molecule has 6 heteroatoms. The van der Waals surface area contributed by atoms with Gasteiger partial charge in [-0.3, -0.25) is 4.79 Å². The summed E-state index contributed by atoms with van der Waals surface area (Å²) in [5, 5.41) is 17.2. The van der Waals surface area contributed by atoms with E-state index in [-0.39, 0.29) is 17.5 Å². The van der Waals surface area contributed by atoms with Gasteiger partial charge in [-0.25, -0.2) is 4.68 Å².